The number of pyridine rings is 2. The standard InChI is InChI=1S/C21H27N5O2/c1-6-28-21-15(8-7-9-22-21)11-23-20(27)16-10-18(13(2)3)25-19-17(16)12-24-26(19)14(4)5/h7-10,12-14H,6,11H2,1-5H3,(H,23,27). The van der Waals surface area contributed by atoms with E-state index in [1.165, 1.54) is 0 Å². The highest BCUT2D eigenvalue weighted by Crippen LogP contribution is 2.24. The molecule has 0 unspecified atom stereocenters. The fourth-order valence-electron chi connectivity index (χ4n) is 3.00. The molecule has 148 valence electrons. The van der Waals surface area contributed by atoms with Gasteiger partial charge in [-0.15, -0.1) is 0 Å². The number of nitrogens with one attached hydrogen (secondary N) is 1. The molecule has 0 aliphatic heterocycles. The molecule has 0 spiro atoms. The first-order valence-corrected chi connectivity index (χ1v) is 9.65. The molecular weight excluding hydrogens is 354 g/mol. The van der Waals surface area contributed by atoms with E-state index < -0.39 is 0 Å². The first kappa shape index (κ1) is 19.8. The lowest BCUT2D eigenvalue weighted by Gasteiger charge is -2.13. The highest BCUT2D eigenvalue weighted by atomic mass is 16.5. The van der Waals surface area contributed by atoms with E-state index in [1.807, 2.05) is 43.7 Å². The minimum Gasteiger partial charge on any atom is -0.478 e. The van der Waals surface area contributed by atoms with Gasteiger partial charge in [0, 0.05) is 30.0 Å². The van der Waals surface area contributed by atoms with Crippen molar-refractivity contribution in [3.8, 4) is 5.88 Å². The molecule has 1 amide bonds. The predicted molar refractivity (Wildman–Crippen MR) is 109 cm³/mol. The first-order chi connectivity index (χ1) is 13.4. The summed E-state index contributed by atoms with van der Waals surface area (Å²) in [5.41, 5.74) is 3.03. The lowest BCUT2D eigenvalue weighted by Crippen LogP contribution is -2.24. The summed E-state index contributed by atoms with van der Waals surface area (Å²) in [6, 6.07) is 5.75. The maximum atomic E-state index is 13.0. The number of rotatable bonds is 7. The minimum atomic E-state index is -0.163. The van der Waals surface area contributed by atoms with Crippen LogP contribution in [0.15, 0.2) is 30.6 Å². The van der Waals surface area contributed by atoms with Crippen molar-refractivity contribution in [2.45, 2.75) is 53.1 Å². The van der Waals surface area contributed by atoms with Gasteiger partial charge in [-0.25, -0.2) is 14.6 Å². The van der Waals surface area contributed by atoms with Gasteiger partial charge in [-0.05, 0) is 38.8 Å². The largest absolute Gasteiger partial charge is 0.478 e. The Morgan fingerprint density at radius 1 is 1.29 bits per heavy atom. The Balaban J connectivity index is 1.93. The second-order valence-corrected chi connectivity index (χ2v) is 7.25. The second-order valence-electron chi connectivity index (χ2n) is 7.25. The fourth-order valence-corrected chi connectivity index (χ4v) is 3.00. The molecular formula is C21H27N5O2. The van der Waals surface area contributed by atoms with Crippen molar-refractivity contribution < 1.29 is 9.53 Å². The molecule has 1 N–H and O–H groups in total. The van der Waals surface area contributed by atoms with Crippen LogP contribution in [-0.2, 0) is 6.54 Å². The van der Waals surface area contributed by atoms with Gasteiger partial charge in [-0.2, -0.15) is 5.10 Å². The molecule has 7 nitrogen and oxygen atoms in total. The van der Waals surface area contributed by atoms with E-state index in [0.29, 0.717) is 24.6 Å². The number of carbonyl (C=O) groups is 1. The van der Waals surface area contributed by atoms with Gasteiger partial charge in [0.2, 0.25) is 5.88 Å². The first-order valence-electron chi connectivity index (χ1n) is 9.65. The molecule has 0 bridgehead atoms. The predicted octanol–water partition coefficient (Wildman–Crippen LogP) is 3.86. The van der Waals surface area contributed by atoms with E-state index in [1.54, 1.807) is 12.4 Å². The van der Waals surface area contributed by atoms with Crippen LogP contribution >= 0.6 is 0 Å². The Kier molecular flexibility index (Phi) is 5.92. The maximum Gasteiger partial charge on any atom is 0.252 e. The van der Waals surface area contributed by atoms with Crippen LogP contribution in [-0.4, -0.2) is 32.3 Å². The fraction of sp³-hybridized carbons (Fsp3) is 0.429. The van der Waals surface area contributed by atoms with E-state index in [0.717, 1.165) is 22.3 Å². The molecule has 0 aliphatic carbocycles. The zero-order chi connectivity index (χ0) is 20.3. The summed E-state index contributed by atoms with van der Waals surface area (Å²) in [7, 11) is 0. The number of hydrogen-bond donors (Lipinski definition) is 1. The normalized spacial score (nSPS) is 11.4. The van der Waals surface area contributed by atoms with Crippen molar-refractivity contribution in [3.63, 3.8) is 0 Å². The average Bonchev–Trinajstić information content (AvgIpc) is 3.10. The Hall–Kier alpha value is -2.96. The zero-order valence-electron chi connectivity index (χ0n) is 17.1. The van der Waals surface area contributed by atoms with Crippen LogP contribution < -0.4 is 10.1 Å². The summed E-state index contributed by atoms with van der Waals surface area (Å²) in [5.74, 6) is 0.582. The summed E-state index contributed by atoms with van der Waals surface area (Å²) in [6.45, 7) is 11.0. The molecule has 0 aliphatic rings. The number of aromatic nitrogens is 4. The number of carbonyl (C=O) groups excluding carboxylic acids is 1. The van der Waals surface area contributed by atoms with Gasteiger partial charge in [0.25, 0.3) is 5.91 Å². The van der Waals surface area contributed by atoms with Gasteiger partial charge in [0.15, 0.2) is 5.65 Å². The van der Waals surface area contributed by atoms with Crippen LogP contribution in [0.1, 0.15) is 68.2 Å². The maximum absolute atomic E-state index is 13.0. The Morgan fingerprint density at radius 3 is 2.75 bits per heavy atom. The monoisotopic (exact) mass is 381 g/mol. The molecule has 0 radical (unpaired) electrons. The smallest absolute Gasteiger partial charge is 0.252 e. The average molecular weight is 381 g/mol. The lowest BCUT2D eigenvalue weighted by molar-refractivity contribution is 0.0952. The van der Waals surface area contributed by atoms with Crippen molar-refractivity contribution in [3.05, 3.63) is 47.4 Å². The minimum absolute atomic E-state index is 0.160. The highest BCUT2D eigenvalue weighted by Gasteiger charge is 2.19. The van der Waals surface area contributed by atoms with Crippen molar-refractivity contribution in [2.75, 3.05) is 6.61 Å². The van der Waals surface area contributed by atoms with Gasteiger partial charge in [-0.1, -0.05) is 19.9 Å². The van der Waals surface area contributed by atoms with Gasteiger partial charge >= 0.3 is 0 Å². The summed E-state index contributed by atoms with van der Waals surface area (Å²) in [4.78, 5) is 22.0. The van der Waals surface area contributed by atoms with Crippen molar-refractivity contribution >= 4 is 16.9 Å². The molecule has 3 aromatic rings. The Bertz CT molecular complexity index is 978. The van der Waals surface area contributed by atoms with Gasteiger partial charge in [0.05, 0.1) is 23.8 Å². The van der Waals surface area contributed by atoms with E-state index in [-0.39, 0.29) is 17.9 Å². The quantitative estimate of drug-likeness (QED) is 0.672. The van der Waals surface area contributed by atoms with Crippen molar-refractivity contribution in [1.82, 2.24) is 25.1 Å². The second kappa shape index (κ2) is 8.37. The molecule has 0 aromatic carbocycles. The van der Waals surface area contributed by atoms with Crippen LogP contribution in [0.5, 0.6) is 5.88 Å². The molecule has 0 fully saturated rings. The molecule has 3 rings (SSSR count). The molecule has 7 heteroatoms. The summed E-state index contributed by atoms with van der Waals surface area (Å²) in [5, 5.41) is 8.18. The third-order valence-corrected chi connectivity index (χ3v) is 4.48. The SMILES string of the molecule is CCOc1ncccc1CNC(=O)c1cc(C(C)C)nc2c1cnn2C(C)C. The number of nitrogens with zero attached hydrogens (tertiary/aromatic N) is 4. The van der Waals surface area contributed by atoms with E-state index in [2.05, 4.69) is 29.2 Å². The summed E-state index contributed by atoms with van der Waals surface area (Å²) in [6.07, 6.45) is 3.40. The Morgan fingerprint density at radius 2 is 2.07 bits per heavy atom. The van der Waals surface area contributed by atoms with Gasteiger partial charge in [0.1, 0.15) is 0 Å². The lowest BCUT2D eigenvalue weighted by atomic mass is 10.0. The summed E-state index contributed by atoms with van der Waals surface area (Å²) >= 11 is 0. The van der Waals surface area contributed by atoms with Gasteiger partial charge in [-0.3, -0.25) is 4.79 Å². The van der Waals surface area contributed by atoms with E-state index in [4.69, 9.17) is 9.72 Å². The van der Waals surface area contributed by atoms with Crippen LogP contribution in [0, 0.1) is 0 Å². The topological polar surface area (TPSA) is 81.9 Å². The molecule has 28 heavy (non-hydrogen) atoms. The van der Waals surface area contributed by atoms with Crippen molar-refractivity contribution in [2.24, 2.45) is 0 Å². The number of hydrogen-bond acceptors (Lipinski definition) is 5. The third-order valence-electron chi connectivity index (χ3n) is 4.48. The third kappa shape index (κ3) is 3.98. The molecule has 3 heterocycles. The number of ether oxygens (including phenoxy) is 1. The molecule has 0 atom stereocenters. The molecule has 0 saturated carbocycles. The number of amides is 1. The molecule has 3 aromatic heterocycles. The van der Waals surface area contributed by atoms with Crippen LogP contribution in [0.2, 0.25) is 0 Å². The van der Waals surface area contributed by atoms with E-state index >= 15 is 0 Å². The zero-order valence-corrected chi connectivity index (χ0v) is 17.1. The van der Waals surface area contributed by atoms with Crippen LogP contribution in [0.4, 0.5) is 0 Å². The number of fused-ring (bicyclic) bond motifs is 1. The van der Waals surface area contributed by atoms with Crippen LogP contribution in [0.25, 0.3) is 11.0 Å². The van der Waals surface area contributed by atoms with Crippen molar-refractivity contribution in [1.29, 1.82) is 0 Å². The Labute approximate surface area is 165 Å². The molecule has 0 saturated heterocycles. The van der Waals surface area contributed by atoms with Gasteiger partial charge < -0.3 is 10.1 Å². The highest BCUT2D eigenvalue weighted by molar-refractivity contribution is 6.05. The van der Waals surface area contributed by atoms with Crippen LogP contribution in [0.3, 0.4) is 0 Å². The summed E-state index contributed by atoms with van der Waals surface area (Å²) < 4.78 is 7.39. The van der Waals surface area contributed by atoms with E-state index in [9.17, 15) is 4.79 Å².